The van der Waals surface area contributed by atoms with E-state index >= 15 is 0 Å². The van der Waals surface area contributed by atoms with Crippen LogP contribution in [0.25, 0.3) is 11.5 Å². The molecule has 2 aromatic heterocycles. The first-order chi connectivity index (χ1) is 11.1. The quantitative estimate of drug-likeness (QED) is 0.417. The van der Waals surface area contributed by atoms with Crippen molar-refractivity contribution in [3.8, 4) is 11.5 Å². The molecule has 7 nitrogen and oxygen atoms in total. The average molecular weight is 311 g/mol. The van der Waals surface area contributed by atoms with Gasteiger partial charge < -0.3 is 14.4 Å². The Morgan fingerprint density at radius 1 is 1.17 bits per heavy atom. The second-order valence-corrected chi connectivity index (χ2v) is 4.81. The van der Waals surface area contributed by atoms with Crippen LogP contribution in [0.3, 0.4) is 0 Å². The normalized spacial score (nSPS) is 11.9. The van der Waals surface area contributed by atoms with Crippen molar-refractivity contribution < 1.29 is 18.7 Å². The molecular weight excluding hydrogens is 298 g/mol. The molecule has 3 rings (SSSR count). The molecule has 1 aromatic carbocycles. The van der Waals surface area contributed by atoms with Crippen LogP contribution in [-0.4, -0.2) is 16.2 Å². The van der Waals surface area contributed by atoms with Crippen molar-refractivity contribution in [2.75, 3.05) is 0 Å². The van der Waals surface area contributed by atoms with Crippen molar-refractivity contribution in [2.45, 2.75) is 13.0 Å². The summed E-state index contributed by atoms with van der Waals surface area (Å²) in [5.74, 6) is -0.0137. The molecule has 0 spiro atoms. The van der Waals surface area contributed by atoms with E-state index in [1.54, 1.807) is 6.92 Å². The average Bonchev–Trinajstić information content (AvgIpc) is 3.06. The van der Waals surface area contributed by atoms with Gasteiger partial charge >= 0.3 is 5.97 Å². The topological polar surface area (TPSA) is 92.2 Å². The molecule has 0 saturated carbocycles. The first kappa shape index (κ1) is 14.7. The van der Waals surface area contributed by atoms with Crippen LogP contribution >= 0.6 is 0 Å². The SMILES string of the molecule is C[C@H](OC(=O)c1cc[n+]([O-])cc1)c1nnc(-c2ccccc2)o1. The summed E-state index contributed by atoms with van der Waals surface area (Å²) >= 11 is 0. The summed E-state index contributed by atoms with van der Waals surface area (Å²) in [5, 5.41) is 18.8. The zero-order chi connectivity index (χ0) is 16.2. The largest absolute Gasteiger partial charge is 0.619 e. The Balaban J connectivity index is 1.71. The van der Waals surface area contributed by atoms with Gasteiger partial charge in [0.25, 0.3) is 5.89 Å². The van der Waals surface area contributed by atoms with Gasteiger partial charge in [0.1, 0.15) is 0 Å². The van der Waals surface area contributed by atoms with E-state index < -0.39 is 12.1 Å². The minimum Gasteiger partial charge on any atom is -0.619 e. The maximum absolute atomic E-state index is 12.0. The van der Waals surface area contributed by atoms with Crippen LogP contribution in [0.4, 0.5) is 0 Å². The molecule has 0 aliphatic heterocycles. The van der Waals surface area contributed by atoms with Crippen molar-refractivity contribution in [1.29, 1.82) is 0 Å². The molecule has 116 valence electrons. The molecule has 2 heterocycles. The Kier molecular flexibility index (Phi) is 4.01. The zero-order valence-corrected chi connectivity index (χ0v) is 12.2. The highest BCUT2D eigenvalue weighted by molar-refractivity contribution is 5.89. The third-order valence-corrected chi connectivity index (χ3v) is 3.13. The Morgan fingerprint density at radius 2 is 1.87 bits per heavy atom. The number of carbonyl (C=O) groups is 1. The highest BCUT2D eigenvalue weighted by atomic mass is 16.6. The van der Waals surface area contributed by atoms with Gasteiger partial charge in [-0.15, -0.1) is 10.2 Å². The molecule has 0 aliphatic rings. The van der Waals surface area contributed by atoms with Gasteiger partial charge in [-0.25, -0.2) is 4.79 Å². The molecule has 0 saturated heterocycles. The Morgan fingerprint density at radius 3 is 2.57 bits per heavy atom. The lowest BCUT2D eigenvalue weighted by atomic mass is 10.2. The maximum atomic E-state index is 12.0. The fourth-order valence-electron chi connectivity index (χ4n) is 1.92. The van der Waals surface area contributed by atoms with Crippen LogP contribution in [0, 0.1) is 5.21 Å². The van der Waals surface area contributed by atoms with Gasteiger partial charge in [0.05, 0.1) is 5.56 Å². The summed E-state index contributed by atoms with van der Waals surface area (Å²) in [5.41, 5.74) is 1.06. The maximum Gasteiger partial charge on any atom is 0.339 e. The molecule has 0 fully saturated rings. The lowest BCUT2D eigenvalue weighted by Gasteiger charge is -2.08. The Bertz CT molecular complexity index is 800. The smallest absolute Gasteiger partial charge is 0.339 e. The zero-order valence-electron chi connectivity index (χ0n) is 12.2. The molecule has 0 unspecified atom stereocenters. The predicted octanol–water partition coefficient (Wildman–Crippen LogP) is 2.29. The van der Waals surface area contributed by atoms with E-state index in [9.17, 15) is 10.0 Å². The number of carbonyl (C=O) groups excluding carboxylic acids is 1. The predicted molar refractivity (Wildman–Crippen MR) is 79.0 cm³/mol. The van der Waals surface area contributed by atoms with E-state index in [-0.39, 0.29) is 11.5 Å². The van der Waals surface area contributed by atoms with Crippen molar-refractivity contribution >= 4 is 5.97 Å². The first-order valence-corrected chi connectivity index (χ1v) is 6.92. The van der Waals surface area contributed by atoms with E-state index in [1.807, 2.05) is 30.3 Å². The van der Waals surface area contributed by atoms with Gasteiger partial charge in [0.2, 0.25) is 5.89 Å². The molecule has 0 bridgehead atoms. The summed E-state index contributed by atoms with van der Waals surface area (Å²) < 4.78 is 11.4. The van der Waals surface area contributed by atoms with Crippen molar-refractivity contribution in [3.63, 3.8) is 0 Å². The molecule has 3 aromatic rings. The van der Waals surface area contributed by atoms with E-state index in [4.69, 9.17) is 9.15 Å². The van der Waals surface area contributed by atoms with E-state index in [1.165, 1.54) is 24.5 Å². The van der Waals surface area contributed by atoms with E-state index in [2.05, 4.69) is 10.2 Å². The highest BCUT2D eigenvalue weighted by Crippen LogP contribution is 2.22. The fraction of sp³-hybridized carbons (Fsp3) is 0.125. The summed E-state index contributed by atoms with van der Waals surface area (Å²) in [6, 6.07) is 12.1. The van der Waals surface area contributed by atoms with Crippen LogP contribution in [-0.2, 0) is 4.74 Å². The fourth-order valence-corrected chi connectivity index (χ4v) is 1.92. The molecule has 0 N–H and O–H groups in total. The minimum absolute atomic E-state index is 0.201. The number of rotatable bonds is 4. The van der Waals surface area contributed by atoms with Crippen LogP contribution in [0.5, 0.6) is 0 Å². The van der Waals surface area contributed by atoms with Crippen LogP contribution in [0.15, 0.2) is 59.3 Å². The third kappa shape index (κ3) is 3.34. The second kappa shape index (κ2) is 6.27. The van der Waals surface area contributed by atoms with Crippen molar-refractivity contribution in [2.24, 2.45) is 0 Å². The van der Waals surface area contributed by atoms with Gasteiger partial charge in [-0.1, -0.05) is 18.2 Å². The number of aromatic nitrogens is 3. The van der Waals surface area contributed by atoms with Crippen LogP contribution < -0.4 is 4.73 Å². The van der Waals surface area contributed by atoms with Crippen molar-refractivity contribution in [3.05, 3.63) is 71.5 Å². The molecular formula is C16H13N3O4. The summed E-state index contributed by atoms with van der Waals surface area (Å²) in [7, 11) is 0. The summed E-state index contributed by atoms with van der Waals surface area (Å²) in [6.45, 7) is 1.64. The molecule has 1 atom stereocenters. The molecule has 23 heavy (non-hydrogen) atoms. The molecule has 7 heteroatoms. The minimum atomic E-state index is -0.702. The monoisotopic (exact) mass is 311 g/mol. The van der Waals surface area contributed by atoms with Gasteiger partial charge in [-0.3, -0.25) is 0 Å². The lowest BCUT2D eigenvalue weighted by molar-refractivity contribution is -0.605. The number of hydrogen-bond acceptors (Lipinski definition) is 6. The first-order valence-electron chi connectivity index (χ1n) is 6.92. The number of esters is 1. The van der Waals surface area contributed by atoms with Gasteiger partial charge in [-0.2, -0.15) is 4.73 Å². The Hall–Kier alpha value is -3.22. The summed E-state index contributed by atoms with van der Waals surface area (Å²) in [6.07, 6.45) is 1.75. The standard InChI is InChI=1S/C16H13N3O4/c1-11(22-16(20)13-7-9-19(21)10-8-13)14-17-18-15(23-14)12-5-3-2-4-6-12/h2-11H,1H3/t11-/m0/s1. The molecule has 0 aliphatic carbocycles. The highest BCUT2D eigenvalue weighted by Gasteiger charge is 2.20. The molecule has 0 radical (unpaired) electrons. The second-order valence-electron chi connectivity index (χ2n) is 4.81. The van der Waals surface area contributed by atoms with Gasteiger partial charge in [-0.05, 0) is 19.1 Å². The van der Waals surface area contributed by atoms with Gasteiger partial charge in [0, 0.05) is 17.7 Å². The van der Waals surface area contributed by atoms with E-state index in [0.717, 1.165) is 5.56 Å². The number of hydrogen-bond donors (Lipinski definition) is 0. The number of benzene rings is 1. The Labute approximate surface area is 131 Å². The number of ether oxygens (including phenoxy) is 1. The van der Waals surface area contributed by atoms with Gasteiger partial charge in [0.15, 0.2) is 18.5 Å². The lowest BCUT2D eigenvalue weighted by Crippen LogP contribution is -2.24. The summed E-state index contributed by atoms with van der Waals surface area (Å²) in [4.78, 5) is 12.0. The van der Waals surface area contributed by atoms with E-state index in [0.29, 0.717) is 10.6 Å². The van der Waals surface area contributed by atoms with Crippen LogP contribution in [0.1, 0.15) is 29.3 Å². The van der Waals surface area contributed by atoms with Crippen molar-refractivity contribution in [1.82, 2.24) is 10.2 Å². The van der Waals surface area contributed by atoms with Crippen LogP contribution in [0.2, 0.25) is 0 Å². The molecule has 0 amide bonds. The number of pyridine rings is 1. The third-order valence-electron chi connectivity index (χ3n) is 3.13. The number of nitrogens with zero attached hydrogens (tertiary/aromatic N) is 3.